The van der Waals surface area contributed by atoms with Gasteiger partial charge in [-0.05, 0) is 47.5 Å². The van der Waals surface area contributed by atoms with Crippen molar-refractivity contribution in [3.05, 3.63) is 40.3 Å². The predicted molar refractivity (Wildman–Crippen MR) is 73.3 cm³/mol. The minimum Gasteiger partial charge on any atom is -0.192 e. The lowest BCUT2D eigenvalue weighted by Gasteiger charge is -2.08. The molecule has 0 aliphatic carbocycles. The molecule has 0 N–H and O–H groups in total. The molecule has 0 aromatic heterocycles. The summed E-state index contributed by atoms with van der Waals surface area (Å²) in [6.07, 6.45) is 1.26. The Kier molecular flexibility index (Phi) is 3.98. The second-order valence-corrected chi connectivity index (χ2v) is 6.04. The zero-order chi connectivity index (χ0) is 11.4. The summed E-state index contributed by atoms with van der Waals surface area (Å²) in [5.74, 6) is 2.39. The van der Waals surface area contributed by atoms with E-state index in [-0.39, 0.29) is 0 Å². The smallest absolute Gasteiger partial charge is 0.0991 e. The lowest BCUT2D eigenvalue weighted by Crippen LogP contribution is -1.85. The highest BCUT2D eigenvalue weighted by Gasteiger charge is 2.11. The maximum Gasteiger partial charge on any atom is 0.0991 e. The van der Waals surface area contributed by atoms with Crippen LogP contribution in [0.25, 0.3) is 4.91 Å². The van der Waals surface area contributed by atoms with E-state index in [4.69, 9.17) is 5.26 Å². The number of benzene rings is 1. The first kappa shape index (κ1) is 11.6. The Morgan fingerprint density at radius 2 is 2.06 bits per heavy atom. The maximum absolute atomic E-state index is 8.90. The Bertz CT molecular complexity index is 457. The van der Waals surface area contributed by atoms with Crippen LogP contribution in [-0.4, -0.2) is 11.5 Å². The van der Waals surface area contributed by atoms with Crippen LogP contribution in [0.15, 0.2) is 29.2 Å². The van der Waals surface area contributed by atoms with Crippen LogP contribution in [0.4, 0.5) is 0 Å². The van der Waals surface area contributed by atoms with Crippen molar-refractivity contribution in [3.8, 4) is 6.07 Å². The minimum atomic E-state index is 0.743. The molecular formula is C13H13NS2. The van der Waals surface area contributed by atoms with Gasteiger partial charge in [-0.3, -0.25) is 0 Å². The number of hydrogen-bond donors (Lipinski definition) is 0. The summed E-state index contributed by atoms with van der Waals surface area (Å²) in [7, 11) is 0. The second-order valence-electron chi connectivity index (χ2n) is 3.63. The van der Waals surface area contributed by atoms with E-state index < -0.39 is 0 Å². The molecule has 0 fully saturated rings. The van der Waals surface area contributed by atoms with E-state index in [1.807, 2.05) is 41.7 Å². The quantitative estimate of drug-likeness (QED) is 0.746. The van der Waals surface area contributed by atoms with E-state index in [0.29, 0.717) is 0 Å². The van der Waals surface area contributed by atoms with Gasteiger partial charge >= 0.3 is 0 Å². The average molecular weight is 247 g/mol. The molecular weight excluding hydrogens is 234 g/mol. The SMILES string of the molecule is CC1=C(c2cccc(C#N)c2)SCCCS1. The standard InChI is InChI=1S/C13H13NS2/c1-10-13(16-7-3-6-15-10)12-5-2-4-11(8-12)9-14/h2,4-5,8H,3,6-7H2,1H3. The van der Waals surface area contributed by atoms with Gasteiger partial charge in [0.1, 0.15) is 0 Å². The van der Waals surface area contributed by atoms with Gasteiger partial charge in [0, 0.05) is 4.91 Å². The van der Waals surface area contributed by atoms with Crippen molar-refractivity contribution < 1.29 is 0 Å². The highest BCUT2D eigenvalue weighted by Crippen LogP contribution is 2.39. The highest BCUT2D eigenvalue weighted by atomic mass is 32.2. The third-order valence-electron chi connectivity index (χ3n) is 2.43. The molecule has 1 aliphatic heterocycles. The molecule has 0 radical (unpaired) electrons. The third-order valence-corrected chi connectivity index (χ3v) is 5.01. The maximum atomic E-state index is 8.90. The van der Waals surface area contributed by atoms with Gasteiger partial charge in [-0.2, -0.15) is 5.26 Å². The van der Waals surface area contributed by atoms with E-state index in [2.05, 4.69) is 19.1 Å². The fourth-order valence-electron chi connectivity index (χ4n) is 1.64. The molecule has 1 heterocycles. The van der Waals surface area contributed by atoms with Crippen LogP contribution in [0.2, 0.25) is 0 Å². The lowest BCUT2D eigenvalue weighted by atomic mass is 10.1. The van der Waals surface area contributed by atoms with E-state index in [1.54, 1.807) is 0 Å². The molecule has 0 saturated heterocycles. The van der Waals surface area contributed by atoms with Crippen LogP contribution in [0.1, 0.15) is 24.5 Å². The summed E-state index contributed by atoms with van der Waals surface area (Å²) in [6, 6.07) is 10.1. The van der Waals surface area contributed by atoms with E-state index in [9.17, 15) is 0 Å². The molecule has 1 aliphatic rings. The molecule has 0 amide bonds. The van der Waals surface area contributed by atoms with Gasteiger partial charge in [0.05, 0.1) is 11.6 Å². The van der Waals surface area contributed by atoms with Crippen molar-refractivity contribution in [1.29, 1.82) is 5.26 Å². The fourth-order valence-corrected chi connectivity index (χ4v) is 4.01. The molecule has 0 bridgehead atoms. The first-order valence-corrected chi connectivity index (χ1v) is 7.25. The first-order valence-electron chi connectivity index (χ1n) is 5.28. The van der Waals surface area contributed by atoms with Crippen LogP contribution in [0.3, 0.4) is 0 Å². The molecule has 2 rings (SSSR count). The molecule has 3 heteroatoms. The Labute approximate surface area is 105 Å². The summed E-state index contributed by atoms with van der Waals surface area (Å²) < 4.78 is 0. The molecule has 0 atom stereocenters. The van der Waals surface area contributed by atoms with Gasteiger partial charge in [-0.15, -0.1) is 23.5 Å². The van der Waals surface area contributed by atoms with E-state index in [1.165, 1.54) is 33.3 Å². The molecule has 82 valence electrons. The number of thioether (sulfide) groups is 2. The van der Waals surface area contributed by atoms with Crippen molar-refractivity contribution in [2.75, 3.05) is 11.5 Å². The van der Waals surface area contributed by atoms with Gasteiger partial charge in [-0.25, -0.2) is 0 Å². The number of nitriles is 1. The van der Waals surface area contributed by atoms with Crippen molar-refractivity contribution in [2.45, 2.75) is 13.3 Å². The van der Waals surface area contributed by atoms with Crippen molar-refractivity contribution >= 4 is 28.4 Å². The number of hydrogen-bond acceptors (Lipinski definition) is 3. The monoisotopic (exact) mass is 247 g/mol. The van der Waals surface area contributed by atoms with Gasteiger partial charge in [0.25, 0.3) is 0 Å². The Morgan fingerprint density at radius 1 is 1.25 bits per heavy atom. The molecule has 0 saturated carbocycles. The van der Waals surface area contributed by atoms with E-state index >= 15 is 0 Å². The molecule has 1 nitrogen and oxygen atoms in total. The molecule has 16 heavy (non-hydrogen) atoms. The van der Waals surface area contributed by atoms with Crippen molar-refractivity contribution in [2.24, 2.45) is 0 Å². The number of allylic oxidation sites excluding steroid dienone is 1. The summed E-state index contributed by atoms with van der Waals surface area (Å²) in [6.45, 7) is 2.18. The zero-order valence-corrected chi connectivity index (χ0v) is 10.8. The molecule has 1 aromatic carbocycles. The van der Waals surface area contributed by atoms with Crippen LogP contribution in [-0.2, 0) is 0 Å². The average Bonchev–Trinajstić information content (AvgIpc) is 2.54. The summed E-state index contributed by atoms with van der Waals surface area (Å²) >= 11 is 3.84. The third kappa shape index (κ3) is 2.63. The van der Waals surface area contributed by atoms with E-state index in [0.717, 1.165) is 5.56 Å². The normalized spacial score (nSPS) is 16.8. The minimum absolute atomic E-state index is 0.743. The zero-order valence-electron chi connectivity index (χ0n) is 9.19. The van der Waals surface area contributed by atoms with Gasteiger partial charge in [-0.1, -0.05) is 12.1 Å². The largest absolute Gasteiger partial charge is 0.192 e. The molecule has 1 aromatic rings. The number of rotatable bonds is 1. The Hall–Kier alpha value is -0.850. The summed E-state index contributed by atoms with van der Waals surface area (Å²) in [5.41, 5.74) is 1.93. The van der Waals surface area contributed by atoms with Crippen molar-refractivity contribution in [1.82, 2.24) is 0 Å². The van der Waals surface area contributed by atoms with Gasteiger partial charge in [0.15, 0.2) is 0 Å². The van der Waals surface area contributed by atoms with Crippen LogP contribution < -0.4 is 0 Å². The molecule has 0 unspecified atom stereocenters. The second kappa shape index (κ2) is 5.47. The predicted octanol–water partition coefficient (Wildman–Crippen LogP) is 4.12. The van der Waals surface area contributed by atoms with Crippen LogP contribution in [0.5, 0.6) is 0 Å². The Morgan fingerprint density at radius 3 is 2.88 bits per heavy atom. The first-order chi connectivity index (χ1) is 7.81. The van der Waals surface area contributed by atoms with Crippen LogP contribution >= 0.6 is 23.5 Å². The number of nitrogens with zero attached hydrogens (tertiary/aromatic N) is 1. The van der Waals surface area contributed by atoms with Crippen LogP contribution in [0, 0.1) is 11.3 Å². The fraction of sp³-hybridized carbons (Fsp3) is 0.308. The molecule has 0 spiro atoms. The van der Waals surface area contributed by atoms with Gasteiger partial charge < -0.3 is 0 Å². The lowest BCUT2D eigenvalue weighted by molar-refractivity contribution is 1.13. The van der Waals surface area contributed by atoms with Gasteiger partial charge in [0.2, 0.25) is 0 Å². The van der Waals surface area contributed by atoms with Crippen molar-refractivity contribution in [3.63, 3.8) is 0 Å². The Balaban J connectivity index is 2.38. The summed E-state index contributed by atoms with van der Waals surface area (Å²) in [5, 5.41) is 8.90. The topological polar surface area (TPSA) is 23.8 Å². The summed E-state index contributed by atoms with van der Waals surface area (Å²) in [4.78, 5) is 2.73. The highest BCUT2D eigenvalue weighted by molar-refractivity contribution is 8.11.